The van der Waals surface area contributed by atoms with E-state index in [1.807, 2.05) is 0 Å². The summed E-state index contributed by atoms with van der Waals surface area (Å²) in [7, 11) is 0. The molecule has 0 amide bonds. The van der Waals surface area contributed by atoms with Crippen molar-refractivity contribution < 1.29 is 36.2 Å². The van der Waals surface area contributed by atoms with Crippen LogP contribution < -0.4 is 0 Å². The van der Waals surface area contributed by atoms with E-state index in [4.69, 9.17) is 5.11 Å². The molecule has 0 aliphatic carbocycles. The van der Waals surface area contributed by atoms with E-state index in [2.05, 4.69) is 0 Å². The molecule has 1 aromatic rings. The molecule has 18 heavy (non-hydrogen) atoms. The molecule has 1 N–H and O–H groups in total. The molecule has 0 atom stereocenters. The minimum atomic E-state index is -5.03. The van der Waals surface area contributed by atoms with Crippen molar-refractivity contribution in [2.75, 3.05) is 0 Å². The smallest absolute Gasteiger partial charge is 0.418 e. The second kappa shape index (κ2) is 4.59. The van der Waals surface area contributed by atoms with E-state index >= 15 is 0 Å². The number of carbonyl (C=O) groups is 1. The van der Waals surface area contributed by atoms with Crippen LogP contribution in [0.3, 0.4) is 0 Å². The van der Waals surface area contributed by atoms with E-state index in [0.717, 1.165) is 22.6 Å². The van der Waals surface area contributed by atoms with Crippen molar-refractivity contribution in [3.63, 3.8) is 0 Å². The number of aromatic carboxylic acids is 1. The van der Waals surface area contributed by atoms with Crippen LogP contribution >= 0.6 is 22.6 Å². The minimum absolute atomic E-state index is 0.0205. The maximum absolute atomic E-state index is 12.5. The van der Waals surface area contributed by atoms with Gasteiger partial charge in [-0.1, -0.05) is 0 Å². The molecule has 0 saturated heterocycles. The van der Waals surface area contributed by atoms with Gasteiger partial charge in [-0.15, -0.1) is 0 Å². The largest absolute Gasteiger partial charge is 0.478 e. The average Bonchev–Trinajstić information content (AvgIpc) is 2.12. The molecular weight excluding hydrogens is 381 g/mol. The molecular formula is C9H3F6IO2. The molecule has 1 rings (SSSR count). The number of halogens is 7. The lowest BCUT2D eigenvalue weighted by Crippen LogP contribution is -2.18. The Kier molecular flexibility index (Phi) is 3.84. The Hall–Kier alpha value is -1.00. The zero-order valence-electron chi connectivity index (χ0n) is 8.16. The summed E-state index contributed by atoms with van der Waals surface area (Å²) in [6.45, 7) is 0. The van der Waals surface area contributed by atoms with Crippen LogP contribution in [0.25, 0.3) is 0 Å². The number of carboxylic acid groups (broad SMARTS) is 1. The average molecular weight is 384 g/mol. The van der Waals surface area contributed by atoms with Crippen LogP contribution in [0.2, 0.25) is 0 Å². The van der Waals surface area contributed by atoms with Gasteiger partial charge in [-0.2, -0.15) is 26.3 Å². The SMILES string of the molecule is O=C(O)c1cc(C(F)(F)F)cc(I)c1C(F)(F)F. The summed E-state index contributed by atoms with van der Waals surface area (Å²) < 4.78 is 73.9. The summed E-state index contributed by atoms with van der Waals surface area (Å²) in [5.74, 6) is -2.06. The predicted molar refractivity (Wildman–Crippen MR) is 56.1 cm³/mol. The Morgan fingerprint density at radius 3 is 1.89 bits per heavy atom. The van der Waals surface area contributed by atoms with Gasteiger partial charge in [0.15, 0.2) is 0 Å². The first-order chi connectivity index (χ1) is 7.94. The molecule has 0 aliphatic rings. The van der Waals surface area contributed by atoms with Gasteiger partial charge in [-0.3, -0.25) is 0 Å². The van der Waals surface area contributed by atoms with Gasteiger partial charge in [-0.05, 0) is 34.7 Å². The van der Waals surface area contributed by atoms with Crippen LogP contribution in [0.1, 0.15) is 21.5 Å². The van der Waals surface area contributed by atoms with Crippen LogP contribution in [-0.2, 0) is 12.4 Å². The first-order valence-corrected chi connectivity index (χ1v) is 5.23. The molecule has 9 heteroatoms. The third-order valence-electron chi connectivity index (χ3n) is 1.93. The molecule has 0 saturated carbocycles. The van der Waals surface area contributed by atoms with Crippen LogP contribution in [-0.4, -0.2) is 11.1 Å². The van der Waals surface area contributed by atoms with Gasteiger partial charge in [0.05, 0.1) is 16.7 Å². The molecule has 0 aliphatic heterocycles. The maximum Gasteiger partial charge on any atom is 0.418 e. The van der Waals surface area contributed by atoms with Crippen molar-refractivity contribution in [2.45, 2.75) is 12.4 Å². The summed E-state index contributed by atoms with van der Waals surface area (Å²) >= 11 is 1.03. The third-order valence-corrected chi connectivity index (χ3v) is 2.78. The van der Waals surface area contributed by atoms with Crippen molar-refractivity contribution in [3.05, 3.63) is 32.4 Å². The summed E-state index contributed by atoms with van der Waals surface area (Å²) in [6.07, 6.45) is -9.94. The zero-order chi connectivity index (χ0) is 14.3. The van der Waals surface area contributed by atoms with Crippen molar-refractivity contribution in [2.24, 2.45) is 0 Å². The Bertz CT molecular complexity index is 491. The predicted octanol–water partition coefficient (Wildman–Crippen LogP) is 4.03. The molecule has 0 heterocycles. The highest BCUT2D eigenvalue weighted by Gasteiger charge is 2.40. The molecule has 0 radical (unpaired) electrons. The molecule has 0 aromatic heterocycles. The first-order valence-electron chi connectivity index (χ1n) is 4.16. The number of benzene rings is 1. The van der Waals surface area contributed by atoms with Crippen molar-refractivity contribution in [3.8, 4) is 0 Å². The van der Waals surface area contributed by atoms with E-state index in [0.29, 0.717) is 0 Å². The van der Waals surface area contributed by atoms with Crippen molar-refractivity contribution >= 4 is 28.6 Å². The van der Waals surface area contributed by atoms with Gasteiger partial charge in [-0.25, -0.2) is 4.79 Å². The van der Waals surface area contributed by atoms with Crippen LogP contribution in [0.4, 0.5) is 26.3 Å². The van der Waals surface area contributed by atoms with E-state index < -0.39 is 38.6 Å². The Labute approximate surface area is 110 Å². The van der Waals surface area contributed by atoms with Crippen LogP contribution in [0.5, 0.6) is 0 Å². The molecule has 1 aromatic carbocycles. The van der Waals surface area contributed by atoms with E-state index in [9.17, 15) is 31.1 Å². The maximum atomic E-state index is 12.5. The van der Waals surface area contributed by atoms with E-state index in [1.165, 1.54) is 0 Å². The minimum Gasteiger partial charge on any atom is -0.478 e. The number of carboxylic acids is 1. The summed E-state index contributed by atoms with van der Waals surface area (Å²) in [5, 5.41) is 8.57. The van der Waals surface area contributed by atoms with Gasteiger partial charge in [0.2, 0.25) is 0 Å². The number of hydrogen-bond acceptors (Lipinski definition) is 1. The van der Waals surface area contributed by atoms with Gasteiger partial charge >= 0.3 is 18.3 Å². The van der Waals surface area contributed by atoms with Crippen LogP contribution in [0, 0.1) is 3.57 Å². The van der Waals surface area contributed by atoms with Gasteiger partial charge in [0.25, 0.3) is 0 Å². The van der Waals surface area contributed by atoms with Crippen molar-refractivity contribution in [1.29, 1.82) is 0 Å². The Morgan fingerprint density at radius 2 is 1.56 bits per heavy atom. The summed E-state index contributed by atoms with van der Waals surface area (Å²) in [4.78, 5) is 10.6. The summed E-state index contributed by atoms with van der Waals surface area (Å²) in [5.41, 5.74) is -4.43. The highest BCUT2D eigenvalue weighted by molar-refractivity contribution is 14.1. The molecule has 0 fully saturated rings. The molecule has 0 unspecified atom stereocenters. The Morgan fingerprint density at radius 1 is 1.06 bits per heavy atom. The zero-order valence-corrected chi connectivity index (χ0v) is 10.3. The lowest BCUT2D eigenvalue weighted by Gasteiger charge is -2.15. The highest BCUT2D eigenvalue weighted by atomic mass is 127. The number of alkyl halides is 6. The fraction of sp³-hybridized carbons (Fsp3) is 0.222. The molecule has 0 bridgehead atoms. The fourth-order valence-corrected chi connectivity index (χ4v) is 2.16. The second-order valence-corrected chi connectivity index (χ2v) is 4.34. The lowest BCUT2D eigenvalue weighted by atomic mass is 10.0. The quantitative estimate of drug-likeness (QED) is 0.587. The van der Waals surface area contributed by atoms with Gasteiger partial charge in [0.1, 0.15) is 0 Å². The molecule has 100 valence electrons. The Balaban J connectivity index is 3.62. The third kappa shape index (κ3) is 3.06. The normalized spacial score (nSPS) is 12.6. The second-order valence-electron chi connectivity index (χ2n) is 3.18. The van der Waals surface area contributed by atoms with Crippen LogP contribution in [0.15, 0.2) is 12.1 Å². The molecule has 0 spiro atoms. The number of hydrogen-bond donors (Lipinski definition) is 1. The fourth-order valence-electron chi connectivity index (χ4n) is 1.23. The lowest BCUT2D eigenvalue weighted by molar-refractivity contribution is -0.142. The molecule has 2 nitrogen and oxygen atoms in total. The highest BCUT2D eigenvalue weighted by Crippen LogP contribution is 2.39. The van der Waals surface area contributed by atoms with Crippen molar-refractivity contribution in [1.82, 2.24) is 0 Å². The standard InChI is InChI=1S/C9H3F6IO2/c10-8(11,12)3-1-4(7(17)18)6(5(16)2-3)9(13,14)15/h1-2H,(H,17,18). The number of rotatable bonds is 1. The van der Waals surface area contributed by atoms with E-state index in [1.54, 1.807) is 0 Å². The summed E-state index contributed by atoms with van der Waals surface area (Å²) in [6, 6.07) is 0.239. The van der Waals surface area contributed by atoms with E-state index in [-0.39, 0.29) is 12.1 Å². The topological polar surface area (TPSA) is 37.3 Å². The van der Waals surface area contributed by atoms with Gasteiger partial charge in [0, 0.05) is 3.57 Å². The monoisotopic (exact) mass is 384 g/mol. The first kappa shape index (κ1) is 15.1. The van der Waals surface area contributed by atoms with Gasteiger partial charge < -0.3 is 5.11 Å².